The predicted molar refractivity (Wildman–Crippen MR) is 115 cm³/mol. The van der Waals surface area contributed by atoms with Crippen LogP contribution in [0.15, 0.2) is 53.5 Å². The predicted octanol–water partition coefficient (Wildman–Crippen LogP) is 2.75. The Hall–Kier alpha value is -2.93. The molecule has 1 N–H and O–H groups in total. The second-order valence-corrected chi connectivity index (χ2v) is 7.72. The van der Waals surface area contributed by atoms with Crippen molar-refractivity contribution in [3.8, 4) is 0 Å². The van der Waals surface area contributed by atoms with Crippen LogP contribution >= 0.6 is 0 Å². The molecule has 0 aromatic heterocycles. The fraction of sp³-hybridized carbons (Fsp3) is 0.391. The second-order valence-electron chi connectivity index (χ2n) is 7.72. The van der Waals surface area contributed by atoms with Gasteiger partial charge in [-0.3, -0.25) is 9.79 Å². The molecule has 2 atom stereocenters. The maximum Gasteiger partial charge on any atom is 0.246 e. The Morgan fingerprint density at radius 3 is 2.73 bits per heavy atom. The first-order chi connectivity index (χ1) is 14.5. The molecule has 0 bridgehead atoms. The minimum Gasteiger partial charge on any atom is -0.367 e. The lowest BCUT2D eigenvalue weighted by Gasteiger charge is -2.38. The zero-order chi connectivity index (χ0) is 21.1. The summed E-state index contributed by atoms with van der Waals surface area (Å²) in [6.07, 6.45) is 0.680. The largest absolute Gasteiger partial charge is 0.367 e. The Kier molecular flexibility index (Phi) is 5.99. The summed E-state index contributed by atoms with van der Waals surface area (Å²) in [6.45, 7) is 4.13. The number of nitrogens with zero attached hydrogens (tertiary/aromatic N) is 3. The minimum atomic E-state index is -0.265. The molecule has 6 nitrogen and oxygen atoms in total. The fourth-order valence-electron chi connectivity index (χ4n) is 4.17. The van der Waals surface area contributed by atoms with E-state index in [-0.39, 0.29) is 30.5 Å². The van der Waals surface area contributed by atoms with Crippen LogP contribution in [-0.4, -0.2) is 56.1 Å². The van der Waals surface area contributed by atoms with Gasteiger partial charge in [-0.15, -0.1) is 0 Å². The van der Waals surface area contributed by atoms with Crippen LogP contribution in [0.4, 0.5) is 10.1 Å². The first kappa shape index (κ1) is 20.3. The van der Waals surface area contributed by atoms with Gasteiger partial charge in [0, 0.05) is 25.8 Å². The van der Waals surface area contributed by atoms with E-state index in [4.69, 9.17) is 4.74 Å². The van der Waals surface area contributed by atoms with Crippen molar-refractivity contribution in [1.82, 2.24) is 10.2 Å². The molecule has 2 aromatic carbocycles. The molecule has 0 spiro atoms. The number of rotatable bonds is 3. The number of morpholine rings is 1. The SMILES string of the molecule is CN=C(NCC(=O)N1CCc2ccccc21)N1CC(C)OC(c2ccc(F)cc2)C1. The molecule has 1 saturated heterocycles. The van der Waals surface area contributed by atoms with E-state index in [1.807, 2.05) is 30.0 Å². The van der Waals surface area contributed by atoms with Crippen LogP contribution in [0, 0.1) is 5.82 Å². The summed E-state index contributed by atoms with van der Waals surface area (Å²) in [7, 11) is 1.71. The third-order valence-electron chi connectivity index (χ3n) is 5.60. The maximum absolute atomic E-state index is 13.3. The van der Waals surface area contributed by atoms with E-state index >= 15 is 0 Å². The zero-order valence-electron chi connectivity index (χ0n) is 17.3. The number of guanidine groups is 1. The summed E-state index contributed by atoms with van der Waals surface area (Å²) < 4.78 is 19.3. The average Bonchev–Trinajstić information content (AvgIpc) is 3.18. The highest BCUT2D eigenvalue weighted by Gasteiger charge is 2.29. The molecule has 4 rings (SSSR count). The summed E-state index contributed by atoms with van der Waals surface area (Å²) in [4.78, 5) is 21.1. The van der Waals surface area contributed by atoms with Gasteiger partial charge in [0.25, 0.3) is 0 Å². The van der Waals surface area contributed by atoms with Crippen LogP contribution < -0.4 is 10.2 Å². The van der Waals surface area contributed by atoms with Gasteiger partial charge in [-0.25, -0.2) is 4.39 Å². The highest BCUT2D eigenvalue weighted by molar-refractivity contribution is 5.98. The number of amides is 1. The number of fused-ring (bicyclic) bond motifs is 1. The quantitative estimate of drug-likeness (QED) is 0.625. The van der Waals surface area contributed by atoms with Gasteiger partial charge in [-0.1, -0.05) is 30.3 Å². The highest BCUT2D eigenvalue weighted by Crippen LogP contribution is 2.28. The molecule has 158 valence electrons. The number of carbonyl (C=O) groups excluding carboxylic acids is 1. The number of ether oxygens (including phenoxy) is 1. The topological polar surface area (TPSA) is 57.2 Å². The number of anilines is 1. The number of benzene rings is 2. The zero-order valence-corrected chi connectivity index (χ0v) is 17.3. The minimum absolute atomic E-state index is 0.0199. The van der Waals surface area contributed by atoms with Crippen molar-refractivity contribution in [2.45, 2.75) is 25.6 Å². The number of hydrogen-bond acceptors (Lipinski definition) is 3. The Labute approximate surface area is 176 Å². The van der Waals surface area contributed by atoms with Gasteiger partial charge in [-0.2, -0.15) is 0 Å². The summed E-state index contributed by atoms with van der Waals surface area (Å²) in [6, 6.07) is 14.4. The van der Waals surface area contributed by atoms with Gasteiger partial charge in [0.15, 0.2) is 5.96 Å². The number of nitrogens with one attached hydrogen (secondary N) is 1. The first-order valence-corrected chi connectivity index (χ1v) is 10.3. The summed E-state index contributed by atoms with van der Waals surface area (Å²) in [5.74, 6) is 0.425. The molecule has 30 heavy (non-hydrogen) atoms. The third kappa shape index (κ3) is 4.31. The number of halogens is 1. The lowest BCUT2D eigenvalue weighted by atomic mass is 10.1. The van der Waals surface area contributed by atoms with Gasteiger partial charge in [0.1, 0.15) is 11.9 Å². The van der Waals surface area contributed by atoms with Gasteiger partial charge in [-0.05, 0) is 42.7 Å². The Bertz CT molecular complexity index is 931. The number of hydrogen-bond donors (Lipinski definition) is 1. The molecule has 7 heteroatoms. The molecule has 2 unspecified atom stereocenters. The van der Waals surface area contributed by atoms with Crippen LogP contribution in [0.5, 0.6) is 0 Å². The van der Waals surface area contributed by atoms with Crippen molar-refractivity contribution >= 4 is 17.6 Å². The summed E-state index contributed by atoms with van der Waals surface area (Å²) in [5.41, 5.74) is 3.13. The molecule has 1 fully saturated rings. The normalized spacial score (nSPS) is 21.5. The monoisotopic (exact) mass is 410 g/mol. The van der Waals surface area contributed by atoms with Crippen LogP contribution in [0.1, 0.15) is 24.2 Å². The van der Waals surface area contributed by atoms with Crippen LogP contribution in [-0.2, 0) is 16.0 Å². The summed E-state index contributed by atoms with van der Waals surface area (Å²) in [5, 5.41) is 3.22. The van der Waals surface area contributed by atoms with E-state index in [0.717, 1.165) is 17.7 Å². The van der Waals surface area contributed by atoms with Gasteiger partial charge < -0.3 is 19.9 Å². The van der Waals surface area contributed by atoms with Gasteiger partial charge in [0.05, 0.1) is 19.2 Å². The smallest absolute Gasteiger partial charge is 0.246 e. The second kappa shape index (κ2) is 8.83. The number of aliphatic imine (C=N–C) groups is 1. The number of carbonyl (C=O) groups is 1. The van der Waals surface area contributed by atoms with Gasteiger partial charge >= 0.3 is 0 Å². The molecule has 2 aliphatic heterocycles. The van der Waals surface area contributed by atoms with Crippen molar-refractivity contribution in [2.75, 3.05) is 38.1 Å². The van der Waals surface area contributed by atoms with Crippen molar-refractivity contribution in [3.05, 3.63) is 65.5 Å². The standard InChI is InChI=1S/C23H27FN4O2/c1-16-14-27(15-21(30-16)18-7-9-19(24)10-8-18)23(25-2)26-13-22(29)28-12-11-17-5-3-4-6-20(17)28/h3-10,16,21H,11-15H2,1-2H3,(H,25,26). The van der Waals surface area contributed by atoms with Crippen LogP contribution in [0.3, 0.4) is 0 Å². The molecule has 2 aliphatic rings. The Morgan fingerprint density at radius 2 is 1.97 bits per heavy atom. The van der Waals surface area contributed by atoms with Crippen molar-refractivity contribution in [2.24, 2.45) is 4.99 Å². The van der Waals surface area contributed by atoms with Crippen molar-refractivity contribution < 1.29 is 13.9 Å². The molecule has 2 heterocycles. The number of para-hydroxylation sites is 1. The lowest BCUT2D eigenvalue weighted by molar-refractivity contribution is -0.117. The molecule has 0 saturated carbocycles. The third-order valence-corrected chi connectivity index (χ3v) is 5.60. The molecule has 1 amide bonds. The van der Waals surface area contributed by atoms with Crippen LogP contribution in [0.2, 0.25) is 0 Å². The fourth-order valence-corrected chi connectivity index (χ4v) is 4.17. The van der Waals surface area contributed by atoms with Crippen LogP contribution in [0.25, 0.3) is 0 Å². The Morgan fingerprint density at radius 1 is 1.20 bits per heavy atom. The van der Waals surface area contributed by atoms with E-state index in [2.05, 4.69) is 21.3 Å². The molecule has 2 aromatic rings. The first-order valence-electron chi connectivity index (χ1n) is 10.3. The highest BCUT2D eigenvalue weighted by atomic mass is 19.1. The van der Waals surface area contributed by atoms with E-state index in [0.29, 0.717) is 25.6 Å². The lowest BCUT2D eigenvalue weighted by Crippen LogP contribution is -2.52. The molecule has 0 radical (unpaired) electrons. The summed E-state index contributed by atoms with van der Waals surface area (Å²) >= 11 is 0. The van der Waals surface area contributed by atoms with E-state index in [1.165, 1.54) is 17.7 Å². The molecular formula is C23H27FN4O2. The van der Waals surface area contributed by atoms with E-state index in [1.54, 1.807) is 19.2 Å². The molecule has 0 aliphatic carbocycles. The maximum atomic E-state index is 13.3. The van der Waals surface area contributed by atoms with E-state index in [9.17, 15) is 9.18 Å². The van der Waals surface area contributed by atoms with Gasteiger partial charge in [0.2, 0.25) is 5.91 Å². The van der Waals surface area contributed by atoms with Crippen molar-refractivity contribution in [3.63, 3.8) is 0 Å². The average molecular weight is 410 g/mol. The Balaban J connectivity index is 1.40. The molecular weight excluding hydrogens is 383 g/mol. The van der Waals surface area contributed by atoms with Crippen molar-refractivity contribution in [1.29, 1.82) is 0 Å². The van der Waals surface area contributed by atoms with E-state index < -0.39 is 0 Å².